The van der Waals surface area contributed by atoms with Crippen LogP contribution in [0.15, 0.2) is 24.3 Å². The number of hydrogen-bond donors (Lipinski definition) is 4. The van der Waals surface area contributed by atoms with E-state index < -0.39 is 5.54 Å². The van der Waals surface area contributed by atoms with Gasteiger partial charge in [0.15, 0.2) is 0 Å². The molecule has 5 nitrogen and oxygen atoms in total. The first-order chi connectivity index (χ1) is 8.69. The van der Waals surface area contributed by atoms with Crippen molar-refractivity contribution >= 4 is 0 Å². The first-order valence-corrected chi connectivity index (χ1v) is 5.99. The fourth-order valence-corrected chi connectivity index (χ4v) is 1.48. The molecule has 0 atom stereocenters. The van der Waals surface area contributed by atoms with Crippen LogP contribution in [-0.2, 0) is 6.54 Å². The average molecular weight is 255 g/mol. The molecule has 1 rings (SSSR count). The summed E-state index contributed by atoms with van der Waals surface area (Å²) in [6.45, 7) is 2.03. The van der Waals surface area contributed by atoms with E-state index in [1.165, 1.54) is 0 Å². The second-order valence-electron chi connectivity index (χ2n) is 4.19. The van der Waals surface area contributed by atoms with Crippen LogP contribution >= 0.6 is 0 Å². The molecule has 4 N–H and O–H groups in total. The van der Waals surface area contributed by atoms with Crippen molar-refractivity contribution in [2.24, 2.45) is 0 Å². The van der Waals surface area contributed by atoms with E-state index in [9.17, 15) is 0 Å². The largest absolute Gasteiger partial charge is 0.494 e. The summed E-state index contributed by atoms with van der Waals surface area (Å²) >= 11 is 0. The van der Waals surface area contributed by atoms with Crippen molar-refractivity contribution in [2.45, 2.75) is 19.0 Å². The lowest BCUT2D eigenvalue weighted by atomic mass is 10.0. The fraction of sp³-hybridized carbons (Fsp3) is 0.538. The summed E-state index contributed by atoms with van der Waals surface area (Å²) in [5.41, 5.74) is -0.0586. The van der Waals surface area contributed by atoms with Crippen LogP contribution in [0.1, 0.15) is 12.5 Å². The highest BCUT2D eigenvalue weighted by Crippen LogP contribution is 2.13. The Balaban J connectivity index is 2.57. The summed E-state index contributed by atoms with van der Waals surface area (Å²) in [6, 6.07) is 7.52. The maximum absolute atomic E-state index is 9.17. The number of aliphatic hydroxyl groups excluding tert-OH is 3. The number of nitrogens with one attached hydrogen (secondary N) is 1. The molecule has 0 unspecified atom stereocenters. The number of hydrogen-bond acceptors (Lipinski definition) is 5. The maximum Gasteiger partial charge on any atom is 0.119 e. The minimum atomic E-state index is -1.04. The van der Waals surface area contributed by atoms with Gasteiger partial charge in [0.1, 0.15) is 5.75 Å². The normalized spacial score (nSPS) is 11.6. The summed E-state index contributed by atoms with van der Waals surface area (Å²) in [5, 5.41) is 30.5. The van der Waals surface area contributed by atoms with Crippen LogP contribution in [-0.4, -0.2) is 47.3 Å². The second kappa shape index (κ2) is 7.33. The molecule has 0 aliphatic heterocycles. The molecule has 0 amide bonds. The molecule has 0 saturated heterocycles. The number of benzene rings is 1. The van der Waals surface area contributed by atoms with Gasteiger partial charge in [-0.05, 0) is 24.6 Å². The first-order valence-electron chi connectivity index (χ1n) is 5.99. The van der Waals surface area contributed by atoms with Crippen molar-refractivity contribution in [3.63, 3.8) is 0 Å². The zero-order valence-corrected chi connectivity index (χ0v) is 10.6. The van der Waals surface area contributed by atoms with Crippen LogP contribution in [0.25, 0.3) is 0 Å². The monoisotopic (exact) mass is 255 g/mol. The van der Waals surface area contributed by atoms with E-state index in [1.807, 2.05) is 31.2 Å². The van der Waals surface area contributed by atoms with Gasteiger partial charge in [-0.1, -0.05) is 12.1 Å². The number of rotatable bonds is 8. The molecule has 0 aliphatic carbocycles. The van der Waals surface area contributed by atoms with Crippen molar-refractivity contribution < 1.29 is 20.1 Å². The molecule has 1 aromatic rings. The highest BCUT2D eigenvalue weighted by molar-refractivity contribution is 5.27. The van der Waals surface area contributed by atoms with E-state index in [-0.39, 0.29) is 19.8 Å². The van der Waals surface area contributed by atoms with Crippen LogP contribution in [0, 0.1) is 0 Å². The molecule has 0 radical (unpaired) electrons. The predicted octanol–water partition coefficient (Wildman–Crippen LogP) is -0.109. The molecular weight excluding hydrogens is 234 g/mol. The molecule has 0 aromatic heterocycles. The lowest BCUT2D eigenvalue weighted by molar-refractivity contribution is 0.0414. The third-order valence-corrected chi connectivity index (χ3v) is 2.81. The molecule has 1 aromatic carbocycles. The van der Waals surface area contributed by atoms with E-state index in [1.54, 1.807) is 0 Å². The SMILES string of the molecule is CCOc1ccc(CNC(CO)(CO)CO)cc1. The summed E-state index contributed by atoms with van der Waals surface area (Å²) in [7, 11) is 0. The summed E-state index contributed by atoms with van der Waals surface area (Å²) in [5.74, 6) is 0.805. The summed E-state index contributed by atoms with van der Waals surface area (Å²) < 4.78 is 5.33. The summed E-state index contributed by atoms with van der Waals surface area (Å²) in [4.78, 5) is 0. The Morgan fingerprint density at radius 1 is 1.06 bits per heavy atom. The van der Waals surface area contributed by atoms with Crippen LogP contribution in [0.3, 0.4) is 0 Å². The average Bonchev–Trinajstić information content (AvgIpc) is 2.43. The highest BCUT2D eigenvalue weighted by Gasteiger charge is 2.26. The Morgan fingerprint density at radius 3 is 2.06 bits per heavy atom. The lowest BCUT2D eigenvalue weighted by Gasteiger charge is -2.28. The Hall–Kier alpha value is -1.14. The van der Waals surface area contributed by atoms with Gasteiger partial charge in [-0.25, -0.2) is 0 Å². The zero-order valence-electron chi connectivity index (χ0n) is 10.6. The van der Waals surface area contributed by atoms with Crippen LogP contribution in [0.2, 0.25) is 0 Å². The third kappa shape index (κ3) is 3.96. The minimum absolute atomic E-state index is 0.322. The molecule has 0 spiro atoms. The fourth-order valence-electron chi connectivity index (χ4n) is 1.48. The van der Waals surface area contributed by atoms with E-state index in [2.05, 4.69) is 5.32 Å². The van der Waals surface area contributed by atoms with Gasteiger partial charge >= 0.3 is 0 Å². The van der Waals surface area contributed by atoms with Gasteiger partial charge in [0, 0.05) is 6.54 Å². The minimum Gasteiger partial charge on any atom is -0.494 e. The predicted molar refractivity (Wildman–Crippen MR) is 68.4 cm³/mol. The second-order valence-corrected chi connectivity index (χ2v) is 4.19. The lowest BCUT2D eigenvalue weighted by Crippen LogP contribution is -2.54. The molecule has 0 bridgehead atoms. The van der Waals surface area contributed by atoms with Crippen molar-refractivity contribution in [1.82, 2.24) is 5.32 Å². The van der Waals surface area contributed by atoms with E-state index in [0.717, 1.165) is 11.3 Å². The number of ether oxygens (including phenoxy) is 1. The molecular formula is C13H21NO4. The smallest absolute Gasteiger partial charge is 0.119 e. The van der Waals surface area contributed by atoms with Crippen molar-refractivity contribution in [1.29, 1.82) is 0 Å². The molecule has 0 heterocycles. The zero-order chi connectivity index (χ0) is 13.4. The highest BCUT2D eigenvalue weighted by atomic mass is 16.5. The van der Waals surface area contributed by atoms with Crippen molar-refractivity contribution in [3.8, 4) is 5.75 Å². The van der Waals surface area contributed by atoms with Crippen LogP contribution in [0.5, 0.6) is 5.75 Å². The van der Waals surface area contributed by atoms with Gasteiger partial charge in [-0.2, -0.15) is 0 Å². The van der Waals surface area contributed by atoms with Gasteiger partial charge in [0.05, 0.1) is 32.0 Å². The Kier molecular flexibility index (Phi) is 6.07. The Bertz CT molecular complexity index is 327. The van der Waals surface area contributed by atoms with Gasteiger partial charge in [-0.15, -0.1) is 0 Å². The van der Waals surface area contributed by atoms with E-state index >= 15 is 0 Å². The Morgan fingerprint density at radius 2 is 1.61 bits per heavy atom. The molecule has 0 saturated carbocycles. The van der Waals surface area contributed by atoms with Crippen LogP contribution in [0.4, 0.5) is 0 Å². The Labute approximate surface area is 107 Å². The first kappa shape index (κ1) is 14.9. The van der Waals surface area contributed by atoms with Crippen molar-refractivity contribution in [2.75, 3.05) is 26.4 Å². The van der Waals surface area contributed by atoms with Crippen LogP contribution < -0.4 is 10.1 Å². The molecule has 0 aliphatic rings. The summed E-state index contributed by atoms with van der Waals surface area (Å²) in [6.07, 6.45) is 0. The topological polar surface area (TPSA) is 82.0 Å². The molecule has 18 heavy (non-hydrogen) atoms. The maximum atomic E-state index is 9.17. The third-order valence-electron chi connectivity index (χ3n) is 2.81. The van der Waals surface area contributed by atoms with Gasteiger partial charge in [-0.3, -0.25) is 0 Å². The molecule has 0 fully saturated rings. The van der Waals surface area contributed by atoms with Gasteiger partial charge in [0.25, 0.3) is 0 Å². The van der Waals surface area contributed by atoms with Gasteiger partial charge in [0.2, 0.25) is 0 Å². The van der Waals surface area contributed by atoms with Gasteiger partial charge < -0.3 is 25.4 Å². The number of aliphatic hydroxyl groups is 3. The molecule has 102 valence electrons. The van der Waals surface area contributed by atoms with Crippen molar-refractivity contribution in [3.05, 3.63) is 29.8 Å². The van der Waals surface area contributed by atoms with E-state index in [4.69, 9.17) is 20.1 Å². The van der Waals surface area contributed by atoms with E-state index in [0.29, 0.717) is 13.2 Å². The standard InChI is InChI=1S/C13H21NO4/c1-2-18-12-5-3-11(4-6-12)7-14-13(8-15,9-16)10-17/h3-6,14-17H,2,7-10H2,1H3. The molecule has 5 heteroatoms. The quantitative estimate of drug-likeness (QED) is 0.521.